The molecule has 1 aliphatic heterocycles. The van der Waals surface area contributed by atoms with Gasteiger partial charge in [-0.3, -0.25) is 4.79 Å². The molecule has 3 heterocycles. The minimum Gasteiger partial charge on any atom is -0.457 e. The second kappa shape index (κ2) is 8.59. The van der Waals surface area contributed by atoms with E-state index in [4.69, 9.17) is 22.1 Å². The minimum absolute atomic E-state index is 0.0501. The fourth-order valence-electron chi connectivity index (χ4n) is 4.09. The molecular weight excluding hydrogens is 418 g/mol. The van der Waals surface area contributed by atoms with Gasteiger partial charge in [0.05, 0.1) is 11.4 Å². The summed E-state index contributed by atoms with van der Waals surface area (Å²) in [6.07, 6.45) is 2.15. The van der Waals surface area contributed by atoms with E-state index in [-0.39, 0.29) is 18.5 Å². The van der Waals surface area contributed by atoms with Gasteiger partial charge in [0.1, 0.15) is 29.3 Å². The Bertz CT molecular complexity index is 1340. The predicted molar refractivity (Wildman–Crippen MR) is 123 cm³/mol. The van der Waals surface area contributed by atoms with Crippen LogP contribution in [0.4, 0.5) is 5.82 Å². The van der Waals surface area contributed by atoms with Crippen molar-refractivity contribution < 1.29 is 9.53 Å². The van der Waals surface area contributed by atoms with Gasteiger partial charge in [0.25, 0.3) is 6.54 Å². The summed E-state index contributed by atoms with van der Waals surface area (Å²) < 4.78 is 7.72. The predicted octanol–water partition coefficient (Wildman–Crippen LogP) is 3.56. The monoisotopic (exact) mass is 439 g/mol. The Hall–Kier alpha value is -4.45. The molecule has 9 nitrogen and oxygen atoms in total. The van der Waals surface area contributed by atoms with Crippen LogP contribution < -0.4 is 10.5 Å². The number of nitrogens with zero attached hydrogens (tertiary/aromatic N) is 6. The highest BCUT2D eigenvalue weighted by molar-refractivity contribution is 5.98. The minimum atomic E-state index is -0.160. The zero-order valence-corrected chi connectivity index (χ0v) is 17.8. The summed E-state index contributed by atoms with van der Waals surface area (Å²) in [7, 11) is 0. The number of para-hydroxylation sites is 1. The van der Waals surface area contributed by atoms with Gasteiger partial charge in [0.15, 0.2) is 5.65 Å². The summed E-state index contributed by atoms with van der Waals surface area (Å²) >= 11 is 0. The van der Waals surface area contributed by atoms with E-state index in [0.29, 0.717) is 41.4 Å². The average molecular weight is 439 g/mol. The van der Waals surface area contributed by atoms with Crippen LogP contribution in [-0.4, -0.2) is 50.2 Å². The number of anilines is 1. The zero-order chi connectivity index (χ0) is 22.8. The summed E-state index contributed by atoms with van der Waals surface area (Å²) in [5.74, 6) is 1.66. The molecule has 1 fully saturated rings. The third-order valence-electron chi connectivity index (χ3n) is 5.70. The van der Waals surface area contributed by atoms with Crippen molar-refractivity contribution in [1.82, 2.24) is 24.6 Å². The number of ether oxygens (including phenoxy) is 1. The fraction of sp³-hybridized carbons (Fsp3) is 0.208. The number of nitrogens with two attached hydrogens (primary N) is 1. The topological polar surface area (TPSA) is 104 Å². The lowest BCUT2D eigenvalue weighted by Crippen LogP contribution is -2.30. The third-order valence-corrected chi connectivity index (χ3v) is 5.70. The maximum Gasteiger partial charge on any atom is 0.302 e. The molecule has 1 saturated heterocycles. The number of hydrogen-bond donors (Lipinski definition) is 1. The molecule has 2 aromatic carbocycles. The number of carbonyl (C=O) groups excluding carboxylic acids is 1. The molecule has 0 saturated carbocycles. The standard InChI is InChI=1S/C24H21N7O2/c1-26-13-20(32)30-12-11-17(14-30)31-24-21(23(25)27-15-28-24)22(29-31)16-7-9-19(10-8-16)33-18-5-3-2-4-6-18/h2-10,15,17H,11-14H2,(H2,25,27,28)/t17-/m0/s1. The molecule has 0 spiro atoms. The Morgan fingerprint density at radius 3 is 2.64 bits per heavy atom. The molecule has 164 valence electrons. The first kappa shape index (κ1) is 20.5. The van der Waals surface area contributed by atoms with Gasteiger partial charge >= 0.3 is 5.91 Å². The average Bonchev–Trinajstić information content (AvgIpc) is 3.47. The van der Waals surface area contributed by atoms with Gasteiger partial charge in [-0.25, -0.2) is 21.2 Å². The molecule has 0 unspecified atom stereocenters. The lowest BCUT2D eigenvalue weighted by Gasteiger charge is -2.14. The number of nitrogen functional groups attached to an aromatic ring is 1. The van der Waals surface area contributed by atoms with Gasteiger partial charge < -0.3 is 20.2 Å². The molecule has 1 aliphatic rings. The highest BCUT2D eigenvalue weighted by atomic mass is 16.5. The molecule has 2 N–H and O–H groups in total. The first-order chi connectivity index (χ1) is 16.1. The van der Waals surface area contributed by atoms with E-state index in [2.05, 4.69) is 14.8 Å². The molecule has 5 rings (SSSR count). The number of amides is 1. The van der Waals surface area contributed by atoms with Crippen molar-refractivity contribution >= 4 is 22.8 Å². The van der Waals surface area contributed by atoms with Gasteiger partial charge in [0, 0.05) is 18.7 Å². The maximum absolute atomic E-state index is 12.2. The van der Waals surface area contributed by atoms with Crippen LogP contribution in [0.5, 0.6) is 11.5 Å². The highest BCUT2D eigenvalue weighted by Gasteiger charge is 2.31. The van der Waals surface area contributed by atoms with Gasteiger partial charge in [-0.15, -0.1) is 0 Å². The van der Waals surface area contributed by atoms with E-state index >= 15 is 0 Å². The number of aromatic nitrogens is 4. The first-order valence-corrected chi connectivity index (χ1v) is 10.6. The Morgan fingerprint density at radius 2 is 1.88 bits per heavy atom. The quantitative estimate of drug-likeness (QED) is 0.477. The summed E-state index contributed by atoms with van der Waals surface area (Å²) in [5.41, 5.74) is 8.40. The molecule has 4 aromatic rings. The summed E-state index contributed by atoms with van der Waals surface area (Å²) in [6, 6.07) is 17.1. The SMILES string of the molecule is [C-]#[N+]CC(=O)N1CC[C@H](n2nc(-c3ccc(Oc4ccccc4)cc3)c3c(N)ncnc32)C1. The van der Waals surface area contributed by atoms with E-state index in [1.165, 1.54) is 6.33 Å². The number of likely N-dealkylation sites (tertiary alicyclic amines) is 1. The largest absolute Gasteiger partial charge is 0.457 e. The molecule has 9 heteroatoms. The Labute approximate surface area is 190 Å². The van der Waals surface area contributed by atoms with Crippen molar-refractivity contribution in [3.05, 3.63) is 72.3 Å². The van der Waals surface area contributed by atoms with Crippen LogP contribution in [0.2, 0.25) is 0 Å². The van der Waals surface area contributed by atoms with Crippen LogP contribution in [0.15, 0.2) is 60.9 Å². The third kappa shape index (κ3) is 3.94. The molecule has 1 atom stereocenters. The van der Waals surface area contributed by atoms with Crippen LogP contribution in [-0.2, 0) is 4.79 Å². The molecule has 0 aliphatic carbocycles. The van der Waals surface area contributed by atoms with Gasteiger partial charge in [-0.1, -0.05) is 18.2 Å². The van der Waals surface area contributed by atoms with E-state index < -0.39 is 0 Å². The Balaban J connectivity index is 1.47. The van der Waals surface area contributed by atoms with Crippen molar-refractivity contribution in [2.24, 2.45) is 0 Å². The highest BCUT2D eigenvalue weighted by Crippen LogP contribution is 2.34. The van der Waals surface area contributed by atoms with Crippen molar-refractivity contribution in [2.75, 3.05) is 25.4 Å². The van der Waals surface area contributed by atoms with Gasteiger partial charge in [0.2, 0.25) is 0 Å². The smallest absolute Gasteiger partial charge is 0.302 e. The van der Waals surface area contributed by atoms with Crippen molar-refractivity contribution in [3.8, 4) is 22.8 Å². The lowest BCUT2D eigenvalue weighted by molar-refractivity contribution is -0.128. The number of hydrogen-bond acceptors (Lipinski definition) is 6. The molecule has 0 bridgehead atoms. The second-order valence-corrected chi connectivity index (χ2v) is 7.79. The van der Waals surface area contributed by atoms with Crippen LogP contribution in [0.3, 0.4) is 0 Å². The lowest BCUT2D eigenvalue weighted by atomic mass is 10.1. The van der Waals surface area contributed by atoms with Crippen LogP contribution in [0.25, 0.3) is 27.1 Å². The summed E-state index contributed by atoms with van der Waals surface area (Å²) in [6.45, 7) is 7.87. The molecule has 2 aromatic heterocycles. The van der Waals surface area contributed by atoms with Crippen LogP contribution >= 0.6 is 0 Å². The summed E-state index contributed by atoms with van der Waals surface area (Å²) in [5, 5.41) is 5.53. The molecule has 33 heavy (non-hydrogen) atoms. The number of fused-ring (bicyclic) bond motifs is 1. The Morgan fingerprint density at radius 1 is 1.12 bits per heavy atom. The first-order valence-electron chi connectivity index (χ1n) is 10.6. The molecule has 0 radical (unpaired) electrons. The van der Waals surface area contributed by atoms with Crippen molar-refractivity contribution in [2.45, 2.75) is 12.5 Å². The number of benzene rings is 2. The number of carbonyl (C=O) groups is 1. The van der Waals surface area contributed by atoms with E-state index in [1.807, 2.05) is 59.3 Å². The van der Waals surface area contributed by atoms with E-state index in [0.717, 1.165) is 17.7 Å². The second-order valence-electron chi connectivity index (χ2n) is 7.79. The normalized spacial score (nSPS) is 15.5. The van der Waals surface area contributed by atoms with E-state index in [1.54, 1.807) is 4.90 Å². The van der Waals surface area contributed by atoms with Crippen molar-refractivity contribution in [3.63, 3.8) is 0 Å². The van der Waals surface area contributed by atoms with E-state index in [9.17, 15) is 4.79 Å². The maximum atomic E-state index is 12.2. The Kier molecular flexibility index (Phi) is 5.32. The zero-order valence-electron chi connectivity index (χ0n) is 17.8. The number of rotatable bonds is 5. The van der Waals surface area contributed by atoms with Gasteiger partial charge in [-0.05, 0) is 42.8 Å². The molecular formula is C24H21N7O2. The van der Waals surface area contributed by atoms with Crippen LogP contribution in [0.1, 0.15) is 12.5 Å². The fourth-order valence-corrected chi connectivity index (χ4v) is 4.09. The molecule has 1 amide bonds. The van der Waals surface area contributed by atoms with Crippen LogP contribution in [0, 0.1) is 6.57 Å². The summed E-state index contributed by atoms with van der Waals surface area (Å²) in [4.78, 5) is 25.7. The van der Waals surface area contributed by atoms with Gasteiger partial charge in [-0.2, -0.15) is 5.10 Å². The van der Waals surface area contributed by atoms with Crippen molar-refractivity contribution in [1.29, 1.82) is 0 Å².